The lowest BCUT2D eigenvalue weighted by atomic mass is 10.1. The summed E-state index contributed by atoms with van der Waals surface area (Å²) in [6.07, 6.45) is 1.56. The van der Waals surface area contributed by atoms with E-state index in [-0.39, 0.29) is 31.1 Å². The first-order valence-electron chi connectivity index (χ1n) is 10.0. The van der Waals surface area contributed by atoms with Crippen LogP contribution >= 0.6 is 0 Å². The van der Waals surface area contributed by atoms with Crippen LogP contribution in [0.4, 0.5) is 4.79 Å². The predicted octanol–water partition coefficient (Wildman–Crippen LogP) is 1.92. The predicted molar refractivity (Wildman–Crippen MR) is 109 cm³/mol. The number of likely N-dealkylation sites (tertiary alicyclic amines) is 1. The molecule has 166 valence electrons. The van der Waals surface area contributed by atoms with Gasteiger partial charge in [0.15, 0.2) is 18.1 Å². The lowest BCUT2D eigenvalue weighted by molar-refractivity contribution is -0.148. The summed E-state index contributed by atoms with van der Waals surface area (Å²) in [5.74, 6) is 0.423. The number of carbonyl (C=O) groups excluding carboxylic acids is 3. The topological polar surface area (TPSA) is 103 Å². The van der Waals surface area contributed by atoms with Gasteiger partial charge in [-0.2, -0.15) is 0 Å². The fraction of sp³-hybridized carbons (Fsp3) is 0.571. The molecule has 0 aromatic heterocycles. The Balaban J connectivity index is 1.66. The number of nitrogens with zero attached hydrogens (tertiary/aromatic N) is 1. The highest BCUT2D eigenvalue weighted by atomic mass is 16.6. The van der Waals surface area contributed by atoms with Crippen molar-refractivity contribution in [3.05, 3.63) is 23.8 Å². The number of ether oxygens (including phenoxy) is 4. The lowest BCUT2D eigenvalue weighted by Gasteiger charge is -2.31. The molecule has 0 unspecified atom stereocenters. The molecule has 1 aromatic carbocycles. The average molecular weight is 422 g/mol. The van der Waals surface area contributed by atoms with Crippen molar-refractivity contribution in [3.63, 3.8) is 0 Å². The van der Waals surface area contributed by atoms with Gasteiger partial charge in [-0.05, 0) is 43.9 Å². The van der Waals surface area contributed by atoms with Crippen LogP contribution in [0.5, 0.6) is 11.5 Å². The first-order chi connectivity index (χ1) is 14.5. The summed E-state index contributed by atoms with van der Waals surface area (Å²) < 4.78 is 20.5. The molecule has 1 aromatic rings. The van der Waals surface area contributed by atoms with Crippen LogP contribution in [-0.4, -0.2) is 69.4 Å². The van der Waals surface area contributed by atoms with Gasteiger partial charge in [0.05, 0.1) is 20.8 Å². The highest BCUT2D eigenvalue weighted by Gasteiger charge is 2.24. The SMILES string of the molecule is CCOC(=O)N1CCC(NC(=O)COC(=O)CCc2ccc(OC)c(OC)c2)CC1. The number of hydrogen-bond donors (Lipinski definition) is 1. The van der Waals surface area contributed by atoms with Crippen LogP contribution in [-0.2, 0) is 25.5 Å². The molecule has 0 aliphatic carbocycles. The van der Waals surface area contributed by atoms with Gasteiger partial charge in [0, 0.05) is 25.6 Å². The first-order valence-corrected chi connectivity index (χ1v) is 10.0. The Bertz CT molecular complexity index is 730. The van der Waals surface area contributed by atoms with E-state index >= 15 is 0 Å². The summed E-state index contributed by atoms with van der Waals surface area (Å²) in [4.78, 5) is 37.3. The minimum Gasteiger partial charge on any atom is -0.493 e. The molecule has 30 heavy (non-hydrogen) atoms. The molecular formula is C21H30N2O7. The molecule has 0 spiro atoms. The number of carbonyl (C=O) groups is 3. The van der Waals surface area contributed by atoms with Crippen molar-refractivity contribution >= 4 is 18.0 Å². The van der Waals surface area contributed by atoms with Crippen molar-refractivity contribution < 1.29 is 33.3 Å². The molecule has 0 atom stereocenters. The molecule has 1 aliphatic heterocycles. The number of aryl methyl sites for hydroxylation is 1. The molecule has 2 amide bonds. The molecule has 1 aliphatic rings. The molecule has 1 heterocycles. The van der Waals surface area contributed by atoms with E-state index in [1.165, 1.54) is 0 Å². The Labute approximate surface area is 176 Å². The Kier molecular flexibility index (Phi) is 9.24. The molecule has 0 bridgehead atoms. The van der Waals surface area contributed by atoms with Crippen LogP contribution in [0.2, 0.25) is 0 Å². The second kappa shape index (κ2) is 11.9. The van der Waals surface area contributed by atoms with E-state index in [0.717, 1.165) is 5.56 Å². The maximum Gasteiger partial charge on any atom is 0.409 e. The van der Waals surface area contributed by atoms with Gasteiger partial charge in [-0.25, -0.2) is 4.79 Å². The average Bonchev–Trinajstić information content (AvgIpc) is 2.76. The van der Waals surface area contributed by atoms with Gasteiger partial charge in [0.2, 0.25) is 0 Å². The van der Waals surface area contributed by atoms with Crippen molar-refractivity contribution in [1.82, 2.24) is 10.2 Å². The second-order valence-electron chi connectivity index (χ2n) is 6.88. The van der Waals surface area contributed by atoms with Crippen molar-refractivity contribution in [2.75, 3.05) is 40.5 Å². The van der Waals surface area contributed by atoms with E-state index in [2.05, 4.69) is 5.32 Å². The normalized spacial score (nSPS) is 14.0. The Morgan fingerprint density at radius 2 is 1.77 bits per heavy atom. The molecule has 9 nitrogen and oxygen atoms in total. The highest BCUT2D eigenvalue weighted by molar-refractivity contribution is 5.80. The third-order valence-electron chi connectivity index (χ3n) is 4.82. The standard InChI is InChI=1S/C21H30N2O7/c1-4-29-21(26)23-11-9-16(10-12-23)22-19(24)14-30-20(25)8-6-15-5-7-17(27-2)18(13-15)28-3/h5,7,13,16H,4,6,8-12,14H2,1-3H3,(H,22,24). The van der Waals surface area contributed by atoms with Gasteiger partial charge in [0.1, 0.15) is 0 Å². The van der Waals surface area contributed by atoms with Crippen molar-refractivity contribution in [1.29, 1.82) is 0 Å². The molecule has 2 rings (SSSR count). The van der Waals surface area contributed by atoms with Crippen LogP contribution < -0.4 is 14.8 Å². The molecule has 9 heteroatoms. The molecular weight excluding hydrogens is 392 g/mol. The van der Waals surface area contributed by atoms with E-state index in [9.17, 15) is 14.4 Å². The number of nitrogens with one attached hydrogen (secondary N) is 1. The minimum absolute atomic E-state index is 0.0476. The summed E-state index contributed by atoms with van der Waals surface area (Å²) in [7, 11) is 3.11. The fourth-order valence-electron chi connectivity index (χ4n) is 3.19. The number of methoxy groups -OCH3 is 2. The maximum atomic E-state index is 12.0. The highest BCUT2D eigenvalue weighted by Crippen LogP contribution is 2.28. The van der Waals surface area contributed by atoms with Crippen LogP contribution in [0.1, 0.15) is 31.7 Å². The van der Waals surface area contributed by atoms with Gasteiger partial charge in [0.25, 0.3) is 5.91 Å². The minimum atomic E-state index is -0.447. The van der Waals surface area contributed by atoms with Gasteiger partial charge >= 0.3 is 12.1 Å². The van der Waals surface area contributed by atoms with E-state index < -0.39 is 5.97 Å². The van der Waals surface area contributed by atoms with E-state index in [1.807, 2.05) is 12.1 Å². The molecule has 1 N–H and O–H groups in total. The van der Waals surface area contributed by atoms with Crippen LogP contribution in [0.15, 0.2) is 18.2 Å². The number of benzene rings is 1. The summed E-state index contributed by atoms with van der Waals surface area (Å²) in [6, 6.07) is 5.39. The largest absolute Gasteiger partial charge is 0.493 e. The third kappa shape index (κ3) is 7.13. The molecule has 1 saturated heterocycles. The van der Waals surface area contributed by atoms with Gasteiger partial charge < -0.3 is 29.2 Å². The zero-order valence-electron chi connectivity index (χ0n) is 17.8. The van der Waals surface area contributed by atoms with Crippen LogP contribution in [0.25, 0.3) is 0 Å². The maximum absolute atomic E-state index is 12.0. The number of esters is 1. The zero-order valence-corrected chi connectivity index (χ0v) is 17.8. The van der Waals surface area contributed by atoms with Crippen molar-refractivity contribution in [2.24, 2.45) is 0 Å². The van der Waals surface area contributed by atoms with E-state index in [1.54, 1.807) is 32.1 Å². The Hall–Kier alpha value is -2.97. The van der Waals surface area contributed by atoms with Crippen LogP contribution in [0.3, 0.4) is 0 Å². The monoisotopic (exact) mass is 422 g/mol. The molecule has 0 radical (unpaired) electrons. The van der Waals surface area contributed by atoms with Gasteiger partial charge in [-0.15, -0.1) is 0 Å². The lowest BCUT2D eigenvalue weighted by Crippen LogP contribution is -2.47. The number of piperidine rings is 1. The first kappa shape index (κ1) is 23.3. The summed E-state index contributed by atoms with van der Waals surface area (Å²) in [6.45, 7) is 2.83. The zero-order chi connectivity index (χ0) is 21.9. The number of hydrogen-bond acceptors (Lipinski definition) is 7. The van der Waals surface area contributed by atoms with Gasteiger partial charge in [-0.3, -0.25) is 9.59 Å². The number of rotatable bonds is 9. The quantitative estimate of drug-likeness (QED) is 0.607. The molecule has 0 saturated carbocycles. The third-order valence-corrected chi connectivity index (χ3v) is 4.82. The van der Waals surface area contributed by atoms with E-state index in [4.69, 9.17) is 18.9 Å². The summed E-state index contributed by atoms with van der Waals surface area (Å²) in [5.41, 5.74) is 0.905. The Morgan fingerprint density at radius 3 is 2.40 bits per heavy atom. The summed E-state index contributed by atoms with van der Waals surface area (Å²) in [5, 5.41) is 2.84. The smallest absolute Gasteiger partial charge is 0.409 e. The number of amides is 2. The van der Waals surface area contributed by atoms with E-state index in [0.29, 0.717) is 50.5 Å². The summed E-state index contributed by atoms with van der Waals surface area (Å²) >= 11 is 0. The van der Waals surface area contributed by atoms with Crippen molar-refractivity contribution in [2.45, 2.75) is 38.6 Å². The second-order valence-corrected chi connectivity index (χ2v) is 6.88. The Morgan fingerprint density at radius 1 is 1.07 bits per heavy atom. The molecule has 1 fully saturated rings. The van der Waals surface area contributed by atoms with Gasteiger partial charge in [-0.1, -0.05) is 6.07 Å². The fourth-order valence-corrected chi connectivity index (χ4v) is 3.19. The van der Waals surface area contributed by atoms with Crippen LogP contribution in [0, 0.1) is 0 Å². The van der Waals surface area contributed by atoms with Crippen molar-refractivity contribution in [3.8, 4) is 11.5 Å².